The summed E-state index contributed by atoms with van der Waals surface area (Å²) in [5.41, 5.74) is 7.76. The summed E-state index contributed by atoms with van der Waals surface area (Å²) in [6, 6.07) is 7.10. The summed E-state index contributed by atoms with van der Waals surface area (Å²) in [6.07, 6.45) is -0.159. The molecule has 0 radical (unpaired) electrons. The number of nitrogens with two attached hydrogens (primary N) is 1. The molecule has 4 nitrogen and oxygen atoms in total. The Kier molecular flexibility index (Phi) is 3.08. The lowest BCUT2D eigenvalue weighted by atomic mass is 10.2. The molecular formula is C10H11N3O. The van der Waals surface area contributed by atoms with E-state index in [2.05, 4.69) is 5.32 Å². The van der Waals surface area contributed by atoms with Gasteiger partial charge < -0.3 is 11.1 Å². The van der Waals surface area contributed by atoms with Crippen molar-refractivity contribution in [1.29, 1.82) is 5.26 Å². The standard InChI is InChI=1S/C10H11N3O/c1-7-2-3-9(8(12)6-7)13-10(14)4-5-11/h2-3,6H,4,12H2,1H3,(H,13,14). The van der Waals surface area contributed by atoms with Crippen molar-refractivity contribution in [1.82, 2.24) is 0 Å². The summed E-state index contributed by atoms with van der Waals surface area (Å²) in [6.45, 7) is 1.91. The number of anilines is 2. The molecule has 0 bridgehead atoms. The SMILES string of the molecule is Cc1ccc(NC(=O)CC#N)c(N)c1. The van der Waals surface area contributed by atoms with Gasteiger partial charge in [0.2, 0.25) is 5.91 Å². The molecule has 0 saturated heterocycles. The lowest BCUT2D eigenvalue weighted by Crippen LogP contribution is -2.11. The normalized spacial score (nSPS) is 9.14. The average molecular weight is 189 g/mol. The monoisotopic (exact) mass is 189 g/mol. The Bertz CT molecular complexity index is 393. The lowest BCUT2D eigenvalue weighted by Gasteiger charge is -2.06. The van der Waals surface area contributed by atoms with Crippen LogP contribution in [-0.4, -0.2) is 5.91 Å². The van der Waals surface area contributed by atoms with Crippen molar-refractivity contribution in [3.05, 3.63) is 23.8 Å². The molecule has 14 heavy (non-hydrogen) atoms. The van der Waals surface area contributed by atoms with Crippen LogP contribution in [0.3, 0.4) is 0 Å². The van der Waals surface area contributed by atoms with Gasteiger partial charge in [-0.05, 0) is 24.6 Å². The summed E-state index contributed by atoms with van der Waals surface area (Å²) in [5, 5.41) is 10.8. The Hall–Kier alpha value is -2.02. The van der Waals surface area contributed by atoms with E-state index in [1.54, 1.807) is 18.2 Å². The molecule has 0 spiro atoms. The van der Waals surface area contributed by atoms with Crippen molar-refractivity contribution in [2.45, 2.75) is 13.3 Å². The van der Waals surface area contributed by atoms with Crippen LogP contribution in [0.5, 0.6) is 0 Å². The van der Waals surface area contributed by atoms with Crippen LogP contribution in [0.15, 0.2) is 18.2 Å². The molecule has 72 valence electrons. The van der Waals surface area contributed by atoms with Crippen LogP contribution in [0.2, 0.25) is 0 Å². The van der Waals surface area contributed by atoms with E-state index < -0.39 is 0 Å². The number of hydrogen-bond donors (Lipinski definition) is 2. The number of aryl methyl sites for hydroxylation is 1. The molecule has 1 aromatic rings. The van der Waals surface area contributed by atoms with Crippen molar-refractivity contribution in [2.24, 2.45) is 0 Å². The third-order valence-corrected chi connectivity index (χ3v) is 1.72. The Balaban J connectivity index is 2.78. The Morgan fingerprint density at radius 2 is 2.36 bits per heavy atom. The van der Waals surface area contributed by atoms with E-state index in [1.807, 2.05) is 13.0 Å². The van der Waals surface area contributed by atoms with E-state index in [-0.39, 0.29) is 12.3 Å². The Labute approximate surface area is 82.3 Å². The van der Waals surface area contributed by atoms with Gasteiger partial charge in [0, 0.05) is 0 Å². The number of rotatable bonds is 2. The van der Waals surface area contributed by atoms with Gasteiger partial charge in [0.15, 0.2) is 0 Å². The molecule has 0 aliphatic heterocycles. The molecule has 0 aromatic heterocycles. The Morgan fingerprint density at radius 1 is 1.64 bits per heavy atom. The van der Waals surface area contributed by atoms with Crippen molar-refractivity contribution in [3.63, 3.8) is 0 Å². The van der Waals surface area contributed by atoms with E-state index in [0.717, 1.165) is 5.56 Å². The van der Waals surface area contributed by atoms with Crippen LogP contribution in [-0.2, 0) is 4.79 Å². The predicted octanol–water partition coefficient (Wildman–Crippen LogP) is 1.43. The zero-order valence-electron chi connectivity index (χ0n) is 7.87. The fraction of sp³-hybridized carbons (Fsp3) is 0.200. The van der Waals surface area contributed by atoms with Crippen LogP contribution in [0.1, 0.15) is 12.0 Å². The number of nitrogens with zero attached hydrogens (tertiary/aromatic N) is 1. The van der Waals surface area contributed by atoms with Gasteiger partial charge in [-0.25, -0.2) is 0 Å². The van der Waals surface area contributed by atoms with E-state index >= 15 is 0 Å². The fourth-order valence-corrected chi connectivity index (χ4v) is 1.06. The van der Waals surface area contributed by atoms with Crippen LogP contribution in [0, 0.1) is 18.3 Å². The molecule has 4 heteroatoms. The highest BCUT2D eigenvalue weighted by Gasteiger charge is 2.03. The quantitative estimate of drug-likeness (QED) is 0.690. The lowest BCUT2D eigenvalue weighted by molar-refractivity contribution is -0.115. The second-order valence-electron chi connectivity index (χ2n) is 2.97. The van der Waals surface area contributed by atoms with Gasteiger partial charge in [-0.2, -0.15) is 5.26 Å². The maximum absolute atomic E-state index is 11.1. The number of amides is 1. The molecule has 0 heterocycles. The number of benzene rings is 1. The number of nitrogen functional groups attached to an aromatic ring is 1. The summed E-state index contributed by atoms with van der Waals surface area (Å²) in [4.78, 5) is 11.1. The Morgan fingerprint density at radius 3 is 2.93 bits per heavy atom. The summed E-state index contributed by atoms with van der Waals surface area (Å²) < 4.78 is 0. The second-order valence-corrected chi connectivity index (χ2v) is 2.97. The third kappa shape index (κ3) is 2.49. The molecular weight excluding hydrogens is 178 g/mol. The van der Waals surface area contributed by atoms with Gasteiger partial charge in [-0.3, -0.25) is 4.79 Å². The topological polar surface area (TPSA) is 78.9 Å². The molecule has 0 atom stereocenters. The molecule has 1 amide bonds. The predicted molar refractivity (Wildman–Crippen MR) is 54.5 cm³/mol. The maximum atomic E-state index is 11.1. The van der Waals surface area contributed by atoms with E-state index in [1.165, 1.54) is 0 Å². The number of carbonyl (C=O) groups excluding carboxylic acids is 1. The molecule has 0 unspecified atom stereocenters. The first-order chi connectivity index (χ1) is 6.63. The number of nitrogens with one attached hydrogen (secondary N) is 1. The minimum atomic E-state index is -0.344. The van der Waals surface area contributed by atoms with Gasteiger partial charge in [-0.1, -0.05) is 6.07 Å². The zero-order valence-corrected chi connectivity index (χ0v) is 7.87. The van der Waals surface area contributed by atoms with Crippen molar-refractivity contribution in [2.75, 3.05) is 11.1 Å². The van der Waals surface area contributed by atoms with Crippen LogP contribution in [0.25, 0.3) is 0 Å². The first kappa shape index (κ1) is 10.1. The number of hydrogen-bond acceptors (Lipinski definition) is 3. The number of carbonyl (C=O) groups is 1. The minimum absolute atomic E-state index is 0.159. The van der Waals surface area contributed by atoms with Crippen LogP contribution in [0.4, 0.5) is 11.4 Å². The zero-order chi connectivity index (χ0) is 10.6. The molecule has 3 N–H and O–H groups in total. The molecule has 0 saturated carbocycles. The van der Waals surface area contributed by atoms with Crippen LogP contribution < -0.4 is 11.1 Å². The number of nitriles is 1. The minimum Gasteiger partial charge on any atom is -0.397 e. The highest BCUT2D eigenvalue weighted by molar-refractivity contribution is 5.94. The van der Waals surface area contributed by atoms with Gasteiger partial charge in [-0.15, -0.1) is 0 Å². The molecule has 0 aliphatic carbocycles. The summed E-state index contributed by atoms with van der Waals surface area (Å²) in [5.74, 6) is -0.344. The summed E-state index contributed by atoms with van der Waals surface area (Å²) >= 11 is 0. The van der Waals surface area contributed by atoms with Gasteiger partial charge in [0.05, 0.1) is 17.4 Å². The van der Waals surface area contributed by atoms with E-state index in [9.17, 15) is 4.79 Å². The van der Waals surface area contributed by atoms with Crippen molar-refractivity contribution >= 4 is 17.3 Å². The largest absolute Gasteiger partial charge is 0.397 e. The van der Waals surface area contributed by atoms with Crippen molar-refractivity contribution < 1.29 is 4.79 Å². The maximum Gasteiger partial charge on any atom is 0.238 e. The van der Waals surface area contributed by atoms with Crippen LogP contribution >= 0.6 is 0 Å². The van der Waals surface area contributed by atoms with E-state index in [4.69, 9.17) is 11.0 Å². The summed E-state index contributed by atoms with van der Waals surface area (Å²) in [7, 11) is 0. The highest BCUT2D eigenvalue weighted by Crippen LogP contribution is 2.19. The second kappa shape index (κ2) is 4.28. The fourth-order valence-electron chi connectivity index (χ4n) is 1.06. The molecule has 1 aromatic carbocycles. The van der Waals surface area contributed by atoms with Gasteiger partial charge >= 0.3 is 0 Å². The van der Waals surface area contributed by atoms with Gasteiger partial charge in [0.1, 0.15) is 6.42 Å². The first-order valence-electron chi connectivity index (χ1n) is 4.16. The molecule has 0 fully saturated rings. The third-order valence-electron chi connectivity index (χ3n) is 1.72. The van der Waals surface area contributed by atoms with Gasteiger partial charge in [0.25, 0.3) is 0 Å². The smallest absolute Gasteiger partial charge is 0.238 e. The average Bonchev–Trinajstić information content (AvgIpc) is 2.10. The molecule has 1 rings (SSSR count). The molecule has 0 aliphatic rings. The highest BCUT2D eigenvalue weighted by atomic mass is 16.1. The first-order valence-corrected chi connectivity index (χ1v) is 4.16. The van der Waals surface area contributed by atoms with E-state index in [0.29, 0.717) is 11.4 Å². The van der Waals surface area contributed by atoms with Crippen molar-refractivity contribution in [3.8, 4) is 6.07 Å².